The Kier molecular flexibility index (Phi) is 3.30. The van der Waals surface area contributed by atoms with E-state index in [2.05, 4.69) is 55.9 Å². The number of nitrogen functional groups attached to an aromatic ring is 1. The Morgan fingerprint density at radius 3 is 2.69 bits per heavy atom. The molecule has 0 bridgehead atoms. The molecule has 0 aliphatic heterocycles. The van der Waals surface area contributed by atoms with Crippen LogP contribution in [0.1, 0.15) is 5.56 Å². The van der Waals surface area contributed by atoms with Crippen LogP contribution in [0.5, 0.6) is 0 Å². The fraction of sp³-hybridized carbons (Fsp3) is 0.0833. The molecular weight excluding hydrogens is 332 g/mol. The summed E-state index contributed by atoms with van der Waals surface area (Å²) < 4.78 is 1.63. The highest BCUT2D eigenvalue weighted by Crippen LogP contribution is 2.35. The van der Waals surface area contributed by atoms with E-state index in [9.17, 15) is 0 Å². The van der Waals surface area contributed by atoms with Gasteiger partial charge in [-0.15, -0.1) is 0 Å². The minimum Gasteiger partial charge on any atom is -0.397 e. The van der Waals surface area contributed by atoms with Crippen molar-refractivity contribution in [2.45, 2.75) is 6.92 Å². The van der Waals surface area contributed by atoms with Gasteiger partial charge in [0.2, 0.25) is 0 Å². The zero-order valence-electron chi connectivity index (χ0n) is 8.67. The Morgan fingerprint density at radius 1 is 1.25 bits per heavy atom. The number of nitrogens with two attached hydrogens (primary N) is 1. The fourth-order valence-corrected chi connectivity index (χ4v) is 2.58. The molecular formula is C12H10Br2N2. The molecule has 0 spiro atoms. The van der Waals surface area contributed by atoms with Gasteiger partial charge in [-0.1, -0.05) is 23.8 Å². The topological polar surface area (TPSA) is 38.9 Å². The Labute approximate surface area is 111 Å². The van der Waals surface area contributed by atoms with Gasteiger partial charge in [0.25, 0.3) is 0 Å². The van der Waals surface area contributed by atoms with Gasteiger partial charge in [-0.25, -0.2) is 0 Å². The zero-order chi connectivity index (χ0) is 11.7. The zero-order valence-corrected chi connectivity index (χ0v) is 11.8. The fourth-order valence-electron chi connectivity index (χ4n) is 1.47. The normalized spacial score (nSPS) is 10.4. The quantitative estimate of drug-likeness (QED) is 0.845. The Hall–Kier alpha value is -0.870. The Morgan fingerprint density at radius 2 is 2.00 bits per heavy atom. The van der Waals surface area contributed by atoms with Crippen LogP contribution in [0.3, 0.4) is 0 Å². The van der Waals surface area contributed by atoms with Gasteiger partial charge in [0.15, 0.2) is 0 Å². The number of nitrogens with zero attached hydrogens (tertiary/aromatic N) is 1. The third-order valence-corrected chi connectivity index (χ3v) is 3.73. The molecule has 0 radical (unpaired) electrons. The molecule has 0 saturated heterocycles. The highest BCUT2D eigenvalue weighted by Gasteiger charge is 2.10. The van der Waals surface area contributed by atoms with Gasteiger partial charge in [-0.3, -0.25) is 4.98 Å². The third-order valence-electron chi connectivity index (χ3n) is 2.30. The summed E-state index contributed by atoms with van der Waals surface area (Å²) in [5.41, 5.74) is 9.72. The van der Waals surface area contributed by atoms with Crippen molar-refractivity contribution in [1.82, 2.24) is 4.98 Å². The predicted octanol–water partition coefficient (Wildman–Crippen LogP) is 4.16. The van der Waals surface area contributed by atoms with E-state index in [0.29, 0.717) is 5.69 Å². The van der Waals surface area contributed by atoms with E-state index < -0.39 is 0 Å². The lowest BCUT2D eigenvalue weighted by atomic mass is 10.1. The van der Waals surface area contributed by atoms with Crippen molar-refractivity contribution >= 4 is 37.5 Å². The molecule has 82 valence electrons. The summed E-state index contributed by atoms with van der Waals surface area (Å²) in [5.74, 6) is 0. The molecule has 0 amide bonds. The SMILES string of the molecule is Cc1cccc(-c2ncc(Br)c(N)c2Br)c1. The number of pyridine rings is 1. The monoisotopic (exact) mass is 340 g/mol. The van der Waals surface area contributed by atoms with Crippen LogP contribution in [0.4, 0.5) is 5.69 Å². The van der Waals surface area contributed by atoms with Gasteiger partial charge in [0.05, 0.1) is 20.3 Å². The number of aryl methyl sites for hydroxylation is 1. The van der Waals surface area contributed by atoms with Crippen LogP contribution in [0.15, 0.2) is 39.4 Å². The molecule has 0 aliphatic carbocycles. The second-order valence-electron chi connectivity index (χ2n) is 3.55. The lowest BCUT2D eigenvalue weighted by Crippen LogP contribution is -1.94. The molecule has 1 aromatic heterocycles. The maximum atomic E-state index is 5.92. The minimum absolute atomic E-state index is 0.673. The first-order valence-corrected chi connectivity index (χ1v) is 6.34. The minimum atomic E-state index is 0.673. The molecule has 2 aromatic rings. The molecule has 0 unspecified atom stereocenters. The number of benzene rings is 1. The van der Waals surface area contributed by atoms with E-state index in [1.165, 1.54) is 5.56 Å². The predicted molar refractivity (Wildman–Crippen MR) is 74.2 cm³/mol. The van der Waals surface area contributed by atoms with Crippen molar-refractivity contribution < 1.29 is 0 Å². The smallest absolute Gasteiger partial charge is 0.0865 e. The summed E-state index contributed by atoms with van der Waals surface area (Å²) in [6.45, 7) is 2.06. The van der Waals surface area contributed by atoms with E-state index in [4.69, 9.17) is 5.73 Å². The van der Waals surface area contributed by atoms with Gasteiger partial charge in [-0.2, -0.15) is 0 Å². The summed E-state index contributed by atoms with van der Waals surface area (Å²) in [6, 6.07) is 8.17. The first-order chi connectivity index (χ1) is 7.59. The van der Waals surface area contributed by atoms with Crippen LogP contribution in [-0.4, -0.2) is 4.98 Å². The molecule has 1 heterocycles. The molecule has 0 aliphatic rings. The molecule has 2 rings (SSSR count). The van der Waals surface area contributed by atoms with Gasteiger partial charge >= 0.3 is 0 Å². The maximum absolute atomic E-state index is 5.92. The van der Waals surface area contributed by atoms with Gasteiger partial charge in [0, 0.05) is 11.8 Å². The molecule has 0 saturated carbocycles. The van der Waals surface area contributed by atoms with Crippen molar-refractivity contribution in [3.8, 4) is 11.3 Å². The number of halogens is 2. The number of hydrogen-bond acceptors (Lipinski definition) is 2. The van der Waals surface area contributed by atoms with Crippen molar-refractivity contribution in [1.29, 1.82) is 0 Å². The molecule has 16 heavy (non-hydrogen) atoms. The number of hydrogen-bond donors (Lipinski definition) is 1. The number of aromatic nitrogens is 1. The summed E-state index contributed by atoms with van der Waals surface area (Å²) >= 11 is 6.82. The van der Waals surface area contributed by atoms with E-state index in [-0.39, 0.29) is 0 Å². The average Bonchev–Trinajstić information content (AvgIpc) is 2.26. The summed E-state index contributed by atoms with van der Waals surface area (Å²) in [7, 11) is 0. The molecule has 0 atom stereocenters. The molecule has 0 fully saturated rings. The largest absolute Gasteiger partial charge is 0.397 e. The van der Waals surface area contributed by atoms with Crippen LogP contribution in [0, 0.1) is 6.92 Å². The lowest BCUT2D eigenvalue weighted by Gasteiger charge is -2.08. The van der Waals surface area contributed by atoms with Gasteiger partial charge < -0.3 is 5.73 Å². The molecule has 2 N–H and O–H groups in total. The average molecular weight is 342 g/mol. The van der Waals surface area contributed by atoms with Crippen LogP contribution >= 0.6 is 31.9 Å². The standard InChI is InChI=1S/C12H10Br2N2/c1-7-3-2-4-8(5-7)12-10(14)11(15)9(13)6-16-12/h2-6H,1H3,(H2,15,16). The first-order valence-electron chi connectivity index (χ1n) is 4.76. The highest BCUT2D eigenvalue weighted by atomic mass is 79.9. The second kappa shape index (κ2) is 4.55. The number of rotatable bonds is 1. The van der Waals surface area contributed by atoms with Crippen molar-refractivity contribution in [3.63, 3.8) is 0 Å². The molecule has 4 heteroatoms. The second-order valence-corrected chi connectivity index (χ2v) is 5.20. The maximum Gasteiger partial charge on any atom is 0.0865 e. The van der Waals surface area contributed by atoms with E-state index in [1.807, 2.05) is 12.1 Å². The van der Waals surface area contributed by atoms with Crippen LogP contribution < -0.4 is 5.73 Å². The summed E-state index contributed by atoms with van der Waals surface area (Å²) in [6.07, 6.45) is 1.72. The Bertz CT molecular complexity index is 539. The first kappa shape index (κ1) is 11.6. The summed E-state index contributed by atoms with van der Waals surface area (Å²) in [4.78, 5) is 4.38. The van der Waals surface area contributed by atoms with E-state index in [1.54, 1.807) is 6.20 Å². The molecule has 1 aromatic carbocycles. The third kappa shape index (κ3) is 2.13. The summed E-state index contributed by atoms with van der Waals surface area (Å²) in [5, 5.41) is 0. The highest BCUT2D eigenvalue weighted by molar-refractivity contribution is 9.11. The van der Waals surface area contributed by atoms with Crippen LogP contribution in [0.25, 0.3) is 11.3 Å². The lowest BCUT2D eigenvalue weighted by molar-refractivity contribution is 1.29. The number of anilines is 1. The van der Waals surface area contributed by atoms with Crippen molar-refractivity contribution in [2.75, 3.05) is 5.73 Å². The van der Waals surface area contributed by atoms with Crippen LogP contribution in [0.2, 0.25) is 0 Å². The van der Waals surface area contributed by atoms with E-state index in [0.717, 1.165) is 20.2 Å². The molecule has 2 nitrogen and oxygen atoms in total. The van der Waals surface area contributed by atoms with Gasteiger partial charge in [0.1, 0.15) is 0 Å². The van der Waals surface area contributed by atoms with Crippen molar-refractivity contribution in [2.24, 2.45) is 0 Å². The van der Waals surface area contributed by atoms with E-state index >= 15 is 0 Å². The van der Waals surface area contributed by atoms with Gasteiger partial charge in [-0.05, 0) is 44.8 Å². The van der Waals surface area contributed by atoms with Crippen LogP contribution in [-0.2, 0) is 0 Å². The van der Waals surface area contributed by atoms with Crippen molar-refractivity contribution in [3.05, 3.63) is 45.0 Å². The Balaban J connectivity index is 2.61.